The summed E-state index contributed by atoms with van der Waals surface area (Å²) in [6, 6.07) is 0. The Hall–Kier alpha value is -4.71. The van der Waals surface area contributed by atoms with Crippen LogP contribution in [0.25, 0.3) is 0 Å². The van der Waals surface area contributed by atoms with Crippen molar-refractivity contribution >= 4 is 17.9 Å². The van der Waals surface area contributed by atoms with Crippen LogP contribution in [0.2, 0.25) is 0 Å². The fourth-order valence-corrected chi connectivity index (χ4v) is 8.95. The van der Waals surface area contributed by atoms with Crippen molar-refractivity contribution in [3.05, 3.63) is 146 Å². The van der Waals surface area contributed by atoms with Gasteiger partial charge in [0.1, 0.15) is 13.2 Å². The number of carbonyl (C=O) groups excluding carboxylic acids is 3. The zero-order valence-corrected chi connectivity index (χ0v) is 52.5. The SMILES string of the molecule is CC/C=C\C/C=C\C/C=C\C/C=C\CCCCCCCCCCC(=O)OCC(COC(=O)CCCCCCCCCC/C=C\C/C=C\C/C=C\C/C=C\CC)OC(=O)CCCCCCCCCC/C=C\C/C=C\C/C=C\C/C=C\CC. The van der Waals surface area contributed by atoms with Gasteiger partial charge in [0.05, 0.1) is 0 Å². The summed E-state index contributed by atoms with van der Waals surface area (Å²) in [5.41, 5.74) is 0. The maximum absolute atomic E-state index is 13.0. The number of rotatable bonds is 59. The number of unbranched alkanes of at least 4 members (excludes halogenated alkanes) is 24. The van der Waals surface area contributed by atoms with E-state index in [9.17, 15) is 14.4 Å². The molecule has 0 rings (SSSR count). The first-order valence-electron chi connectivity index (χ1n) is 33.3. The summed E-state index contributed by atoms with van der Waals surface area (Å²) < 4.78 is 17.0. The summed E-state index contributed by atoms with van der Waals surface area (Å²) in [7, 11) is 0. The van der Waals surface area contributed by atoms with E-state index in [0.29, 0.717) is 19.3 Å². The molecular formula is C75H122O6. The van der Waals surface area contributed by atoms with Gasteiger partial charge in [0.2, 0.25) is 0 Å². The number of carbonyl (C=O) groups is 3. The molecule has 0 N–H and O–H groups in total. The van der Waals surface area contributed by atoms with Gasteiger partial charge in [-0.2, -0.15) is 0 Å². The van der Waals surface area contributed by atoms with Gasteiger partial charge in [-0.05, 0) is 135 Å². The third kappa shape index (κ3) is 66.0. The highest BCUT2D eigenvalue weighted by molar-refractivity contribution is 5.71. The van der Waals surface area contributed by atoms with Crippen LogP contribution in [0.4, 0.5) is 0 Å². The van der Waals surface area contributed by atoms with Gasteiger partial charge in [0.25, 0.3) is 0 Å². The molecule has 0 aromatic rings. The predicted octanol–water partition coefficient (Wildman–Crippen LogP) is 23.1. The molecule has 0 aliphatic rings. The van der Waals surface area contributed by atoms with Crippen molar-refractivity contribution in [1.82, 2.24) is 0 Å². The first-order chi connectivity index (χ1) is 40.0. The first-order valence-corrected chi connectivity index (χ1v) is 33.3. The van der Waals surface area contributed by atoms with E-state index < -0.39 is 6.10 Å². The maximum atomic E-state index is 13.0. The molecule has 0 aliphatic heterocycles. The molecule has 0 amide bonds. The normalized spacial score (nSPS) is 12.7. The Morgan fingerprint density at radius 1 is 0.247 bits per heavy atom. The highest BCUT2D eigenvalue weighted by Crippen LogP contribution is 2.16. The van der Waals surface area contributed by atoms with Crippen molar-refractivity contribution in [2.75, 3.05) is 13.2 Å². The number of hydrogen-bond acceptors (Lipinski definition) is 6. The smallest absolute Gasteiger partial charge is 0.306 e. The van der Waals surface area contributed by atoms with Crippen molar-refractivity contribution < 1.29 is 28.6 Å². The van der Waals surface area contributed by atoms with Crippen molar-refractivity contribution in [2.45, 2.75) is 297 Å². The van der Waals surface area contributed by atoms with Gasteiger partial charge in [-0.1, -0.05) is 282 Å². The van der Waals surface area contributed by atoms with Gasteiger partial charge < -0.3 is 14.2 Å². The van der Waals surface area contributed by atoms with E-state index in [1.54, 1.807) is 0 Å². The molecule has 0 heterocycles. The van der Waals surface area contributed by atoms with Gasteiger partial charge in [-0.25, -0.2) is 0 Å². The van der Waals surface area contributed by atoms with Crippen molar-refractivity contribution in [3.8, 4) is 0 Å². The largest absolute Gasteiger partial charge is 0.462 e. The summed E-state index contributed by atoms with van der Waals surface area (Å²) in [5.74, 6) is -0.912. The molecule has 0 bridgehead atoms. The third-order valence-corrected chi connectivity index (χ3v) is 13.8. The van der Waals surface area contributed by atoms with Crippen LogP contribution in [0.3, 0.4) is 0 Å². The van der Waals surface area contributed by atoms with Crippen LogP contribution in [0, 0.1) is 0 Å². The molecule has 0 aromatic carbocycles. The van der Waals surface area contributed by atoms with Crippen molar-refractivity contribution in [3.63, 3.8) is 0 Å². The van der Waals surface area contributed by atoms with E-state index in [2.05, 4.69) is 167 Å². The van der Waals surface area contributed by atoms with E-state index in [4.69, 9.17) is 14.2 Å². The zero-order valence-electron chi connectivity index (χ0n) is 52.5. The second-order valence-corrected chi connectivity index (χ2v) is 21.6. The van der Waals surface area contributed by atoms with Crippen LogP contribution < -0.4 is 0 Å². The quantitative estimate of drug-likeness (QED) is 0.0261. The summed E-state index contributed by atoms with van der Waals surface area (Å²) >= 11 is 0. The molecule has 0 radical (unpaired) electrons. The standard InChI is InChI=1S/C75H122O6/c1-4-7-10-13-16-19-22-25-28-31-34-37-40-43-46-49-52-55-58-61-64-67-73(76)79-70-72(81-75(78)69-66-63-60-57-54-51-48-45-42-39-36-33-30-27-24-21-18-15-12-9-6-3)71-80-74(77)68-65-62-59-56-53-50-47-44-41-38-35-32-29-26-23-20-17-14-11-8-5-2/h7-12,16-21,25-30,34-39,72H,4-6,13-15,22-24,31-33,40-71H2,1-3H3/b10-7-,11-8-,12-9-,19-16-,20-17-,21-18-,28-25-,29-26-,30-27-,37-34-,38-35-,39-36-. The molecule has 6 nitrogen and oxygen atoms in total. The maximum Gasteiger partial charge on any atom is 0.306 e. The summed E-state index contributed by atoms with van der Waals surface area (Å²) in [6.45, 7) is 6.30. The highest BCUT2D eigenvalue weighted by Gasteiger charge is 2.19. The molecule has 458 valence electrons. The Balaban J connectivity index is 4.46. The Labute approximate surface area is 499 Å². The molecular weight excluding hydrogens is 997 g/mol. The minimum atomic E-state index is -0.798. The van der Waals surface area contributed by atoms with Crippen molar-refractivity contribution in [1.29, 1.82) is 0 Å². The molecule has 0 saturated heterocycles. The fourth-order valence-electron chi connectivity index (χ4n) is 8.95. The second kappa shape index (κ2) is 67.8. The zero-order chi connectivity index (χ0) is 58.5. The number of hydrogen-bond donors (Lipinski definition) is 0. The minimum absolute atomic E-state index is 0.0928. The summed E-state index contributed by atoms with van der Waals surface area (Å²) in [6.07, 6.45) is 97.0. The van der Waals surface area contributed by atoms with Crippen LogP contribution in [-0.2, 0) is 28.6 Å². The lowest BCUT2D eigenvalue weighted by Gasteiger charge is -2.18. The second-order valence-electron chi connectivity index (χ2n) is 21.6. The molecule has 6 heteroatoms. The Kier molecular flexibility index (Phi) is 63.9. The van der Waals surface area contributed by atoms with Crippen LogP contribution in [-0.4, -0.2) is 37.2 Å². The average molecular weight is 1120 g/mol. The topological polar surface area (TPSA) is 78.9 Å². The number of esters is 3. The molecule has 0 unspecified atom stereocenters. The predicted molar refractivity (Wildman–Crippen MR) is 352 cm³/mol. The molecule has 0 atom stereocenters. The van der Waals surface area contributed by atoms with Gasteiger partial charge in [0.15, 0.2) is 6.10 Å². The van der Waals surface area contributed by atoms with E-state index in [0.717, 1.165) is 154 Å². The van der Waals surface area contributed by atoms with Gasteiger partial charge in [-0.15, -0.1) is 0 Å². The van der Waals surface area contributed by atoms with E-state index in [1.165, 1.54) is 96.3 Å². The average Bonchev–Trinajstić information content (AvgIpc) is 3.47. The highest BCUT2D eigenvalue weighted by atomic mass is 16.6. The molecule has 0 aromatic heterocycles. The Morgan fingerprint density at radius 2 is 0.444 bits per heavy atom. The van der Waals surface area contributed by atoms with Gasteiger partial charge >= 0.3 is 17.9 Å². The lowest BCUT2D eigenvalue weighted by Crippen LogP contribution is -2.30. The Morgan fingerprint density at radius 3 is 0.691 bits per heavy atom. The van der Waals surface area contributed by atoms with Crippen LogP contribution in [0.15, 0.2) is 146 Å². The minimum Gasteiger partial charge on any atom is -0.462 e. The summed E-state index contributed by atoms with van der Waals surface area (Å²) in [5, 5.41) is 0. The van der Waals surface area contributed by atoms with Crippen molar-refractivity contribution in [2.24, 2.45) is 0 Å². The van der Waals surface area contributed by atoms with Crippen LogP contribution in [0.1, 0.15) is 290 Å². The monoisotopic (exact) mass is 1120 g/mol. The molecule has 0 fully saturated rings. The summed E-state index contributed by atoms with van der Waals surface area (Å²) in [4.78, 5) is 38.5. The van der Waals surface area contributed by atoms with Crippen LogP contribution >= 0.6 is 0 Å². The van der Waals surface area contributed by atoms with Crippen LogP contribution in [0.5, 0.6) is 0 Å². The van der Waals surface area contributed by atoms with Gasteiger partial charge in [0, 0.05) is 19.3 Å². The van der Waals surface area contributed by atoms with Gasteiger partial charge in [-0.3, -0.25) is 14.4 Å². The third-order valence-electron chi connectivity index (χ3n) is 13.8. The molecule has 0 spiro atoms. The number of allylic oxidation sites excluding steroid dienone is 24. The molecule has 81 heavy (non-hydrogen) atoms. The Bertz CT molecular complexity index is 1680. The van der Waals surface area contributed by atoms with E-state index in [1.807, 2.05) is 0 Å². The van der Waals surface area contributed by atoms with E-state index >= 15 is 0 Å². The van der Waals surface area contributed by atoms with E-state index in [-0.39, 0.29) is 31.1 Å². The fraction of sp³-hybridized carbons (Fsp3) is 0.640. The lowest BCUT2D eigenvalue weighted by atomic mass is 10.1. The molecule has 0 saturated carbocycles. The molecule has 0 aliphatic carbocycles. The number of ether oxygens (including phenoxy) is 3. The lowest BCUT2D eigenvalue weighted by molar-refractivity contribution is -0.167. The first kappa shape index (κ1) is 76.3.